The molecule has 0 aliphatic rings. The second-order valence-corrected chi connectivity index (χ2v) is 5.76. The molecule has 112 valence electrons. The summed E-state index contributed by atoms with van der Waals surface area (Å²) in [6.07, 6.45) is 0.884. The summed E-state index contributed by atoms with van der Waals surface area (Å²) in [4.78, 5) is 13.5. The predicted molar refractivity (Wildman–Crippen MR) is 81.7 cm³/mol. The van der Waals surface area contributed by atoms with Crippen LogP contribution in [0, 0.1) is 5.92 Å². The second kappa shape index (κ2) is 8.02. The third kappa shape index (κ3) is 5.31. The molecule has 2 unspecified atom stereocenters. The minimum atomic E-state index is -0.781. The maximum Gasteiger partial charge on any atom is 0.312 e. The van der Waals surface area contributed by atoms with Crippen LogP contribution in [0.15, 0.2) is 30.3 Å². The van der Waals surface area contributed by atoms with E-state index in [4.69, 9.17) is 5.73 Å². The number of hydrogen-bond donors (Lipinski definition) is 2. The van der Waals surface area contributed by atoms with Crippen LogP contribution in [0.2, 0.25) is 0 Å². The molecule has 0 amide bonds. The van der Waals surface area contributed by atoms with Gasteiger partial charge in [-0.3, -0.25) is 4.79 Å². The number of likely N-dealkylation sites (N-methyl/N-ethyl adjacent to an activating group) is 1. The Kier molecular flexibility index (Phi) is 6.68. The number of carbonyl (C=O) groups is 1. The van der Waals surface area contributed by atoms with E-state index in [2.05, 4.69) is 13.8 Å². The first-order chi connectivity index (χ1) is 9.41. The van der Waals surface area contributed by atoms with E-state index >= 15 is 0 Å². The van der Waals surface area contributed by atoms with Gasteiger partial charge in [0, 0.05) is 12.6 Å². The van der Waals surface area contributed by atoms with Crippen molar-refractivity contribution >= 4 is 5.97 Å². The molecule has 0 fully saturated rings. The van der Waals surface area contributed by atoms with Gasteiger partial charge >= 0.3 is 5.97 Å². The minimum Gasteiger partial charge on any atom is -0.481 e. The quantitative estimate of drug-likeness (QED) is 0.764. The molecule has 0 aliphatic carbocycles. The van der Waals surface area contributed by atoms with E-state index in [0.717, 1.165) is 18.5 Å². The average molecular weight is 278 g/mol. The Morgan fingerprint density at radius 3 is 2.40 bits per heavy atom. The van der Waals surface area contributed by atoms with Gasteiger partial charge in [-0.05, 0) is 31.5 Å². The van der Waals surface area contributed by atoms with Crippen LogP contribution in [-0.4, -0.2) is 42.2 Å². The molecule has 0 radical (unpaired) electrons. The molecule has 0 saturated carbocycles. The standard InChI is InChI=1S/C16H26N2O2/c1-12(2)15(17)9-10-18(3)11-14(16(19)20)13-7-5-4-6-8-13/h4-8,12,14-15H,9-11,17H2,1-3H3,(H,19,20). The van der Waals surface area contributed by atoms with Crippen molar-refractivity contribution in [3.05, 3.63) is 35.9 Å². The van der Waals surface area contributed by atoms with Crippen molar-refractivity contribution in [1.82, 2.24) is 4.90 Å². The summed E-state index contributed by atoms with van der Waals surface area (Å²) in [6, 6.07) is 9.55. The number of carboxylic acids is 1. The van der Waals surface area contributed by atoms with Crippen LogP contribution in [0.1, 0.15) is 31.7 Å². The van der Waals surface area contributed by atoms with E-state index in [1.165, 1.54) is 0 Å². The molecule has 1 aromatic rings. The predicted octanol–water partition coefficient (Wildman–Crippen LogP) is 2.16. The van der Waals surface area contributed by atoms with Gasteiger partial charge in [0.2, 0.25) is 0 Å². The van der Waals surface area contributed by atoms with Crippen molar-refractivity contribution in [1.29, 1.82) is 0 Å². The summed E-state index contributed by atoms with van der Waals surface area (Å²) in [5.41, 5.74) is 6.87. The molecule has 1 rings (SSSR count). The van der Waals surface area contributed by atoms with Gasteiger partial charge in [-0.2, -0.15) is 0 Å². The Hall–Kier alpha value is -1.39. The molecule has 20 heavy (non-hydrogen) atoms. The van der Waals surface area contributed by atoms with Crippen molar-refractivity contribution in [3.8, 4) is 0 Å². The fourth-order valence-electron chi connectivity index (χ4n) is 2.12. The highest BCUT2D eigenvalue weighted by Gasteiger charge is 2.21. The Labute approximate surface area is 121 Å². The number of benzene rings is 1. The normalized spacial score (nSPS) is 14.5. The highest BCUT2D eigenvalue weighted by Crippen LogP contribution is 2.17. The van der Waals surface area contributed by atoms with Crippen LogP contribution in [-0.2, 0) is 4.79 Å². The molecule has 0 heterocycles. The highest BCUT2D eigenvalue weighted by molar-refractivity contribution is 5.76. The van der Waals surface area contributed by atoms with E-state index in [9.17, 15) is 9.90 Å². The Morgan fingerprint density at radius 2 is 1.90 bits per heavy atom. The van der Waals surface area contributed by atoms with E-state index in [1.54, 1.807) is 0 Å². The van der Waals surface area contributed by atoms with Crippen molar-refractivity contribution in [2.75, 3.05) is 20.1 Å². The zero-order chi connectivity index (χ0) is 15.1. The maximum absolute atomic E-state index is 11.4. The van der Waals surface area contributed by atoms with Gasteiger partial charge in [-0.15, -0.1) is 0 Å². The van der Waals surface area contributed by atoms with Gasteiger partial charge < -0.3 is 15.7 Å². The first kappa shape index (κ1) is 16.7. The van der Waals surface area contributed by atoms with Crippen LogP contribution in [0.25, 0.3) is 0 Å². The van der Waals surface area contributed by atoms with Crippen molar-refractivity contribution in [2.24, 2.45) is 11.7 Å². The molecule has 0 saturated heterocycles. The highest BCUT2D eigenvalue weighted by atomic mass is 16.4. The van der Waals surface area contributed by atoms with Crippen LogP contribution in [0.4, 0.5) is 0 Å². The number of hydrogen-bond acceptors (Lipinski definition) is 3. The van der Waals surface area contributed by atoms with Crippen LogP contribution < -0.4 is 5.73 Å². The zero-order valence-corrected chi connectivity index (χ0v) is 12.6. The molecular formula is C16H26N2O2. The molecule has 3 N–H and O–H groups in total. The van der Waals surface area contributed by atoms with Crippen LogP contribution in [0.5, 0.6) is 0 Å². The summed E-state index contributed by atoms with van der Waals surface area (Å²) in [5, 5.41) is 9.39. The monoisotopic (exact) mass is 278 g/mol. The summed E-state index contributed by atoms with van der Waals surface area (Å²) < 4.78 is 0. The molecule has 0 spiro atoms. The zero-order valence-electron chi connectivity index (χ0n) is 12.6. The van der Waals surface area contributed by atoms with E-state index in [0.29, 0.717) is 12.5 Å². The molecular weight excluding hydrogens is 252 g/mol. The number of nitrogens with zero attached hydrogens (tertiary/aromatic N) is 1. The van der Waals surface area contributed by atoms with E-state index in [-0.39, 0.29) is 6.04 Å². The third-order valence-electron chi connectivity index (χ3n) is 3.69. The minimum absolute atomic E-state index is 0.164. The lowest BCUT2D eigenvalue weighted by atomic mass is 9.98. The molecule has 1 aromatic carbocycles. The van der Waals surface area contributed by atoms with Gasteiger partial charge in [-0.25, -0.2) is 0 Å². The van der Waals surface area contributed by atoms with Gasteiger partial charge in [-0.1, -0.05) is 44.2 Å². The van der Waals surface area contributed by atoms with Crippen molar-refractivity contribution < 1.29 is 9.90 Å². The Morgan fingerprint density at radius 1 is 1.30 bits per heavy atom. The molecule has 4 nitrogen and oxygen atoms in total. The van der Waals surface area contributed by atoms with Crippen LogP contribution >= 0.6 is 0 Å². The molecule has 0 aliphatic heterocycles. The first-order valence-electron chi connectivity index (χ1n) is 7.13. The van der Waals surface area contributed by atoms with Crippen molar-refractivity contribution in [2.45, 2.75) is 32.2 Å². The van der Waals surface area contributed by atoms with Gasteiger partial charge in [0.1, 0.15) is 0 Å². The molecule has 0 aromatic heterocycles. The average Bonchev–Trinajstić information content (AvgIpc) is 2.42. The van der Waals surface area contributed by atoms with Gasteiger partial charge in [0.05, 0.1) is 5.92 Å². The first-order valence-corrected chi connectivity index (χ1v) is 7.13. The topological polar surface area (TPSA) is 66.6 Å². The fraction of sp³-hybridized carbons (Fsp3) is 0.562. The lowest BCUT2D eigenvalue weighted by Crippen LogP contribution is -2.34. The summed E-state index contributed by atoms with van der Waals surface area (Å²) in [7, 11) is 1.95. The number of rotatable bonds is 8. The Bertz CT molecular complexity index is 406. The number of carboxylic acid groups (broad SMARTS) is 1. The van der Waals surface area contributed by atoms with Crippen molar-refractivity contribution in [3.63, 3.8) is 0 Å². The molecule has 2 atom stereocenters. The lowest BCUT2D eigenvalue weighted by molar-refractivity contribution is -0.139. The second-order valence-electron chi connectivity index (χ2n) is 5.76. The van der Waals surface area contributed by atoms with Crippen LogP contribution in [0.3, 0.4) is 0 Å². The third-order valence-corrected chi connectivity index (χ3v) is 3.69. The Balaban J connectivity index is 2.56. The largest absolute Gasteiger partial charge is 0.481 e. The van der Waals surface area contributed by atoms with E-state index < -0.39 is 11.9 Å². The fourth-order valence-corrected chi connectivity index (χ4v) is 2.12. The number of nitrogens with two attached hydrogens (primary N) is 1. The molecule has 0 bridgehead atoms. The summed E-state index contributed by atoms with van der Waals surface area (Å²) in [6.45, 7) is 5.53. The summed E-state index contributed by atoms with van der Waals surface area (Å²) >= 11 is 0. The number of aliphatic carboxylic acids is 1. The van der Waals surface area contributed by atoms with E-state index in [1.807, 2.05) is 42.3 Å². The SMILES string of the molecule is CC(C)C(N)CCN(C)CC(C(=O)O)c1ccccc1. The molecule has 4 heteroatoms. The maximum atomic E-state index is 11.4. The van der Waals surface area contributed by atoms with Gasteiger partial charge in [0.15, 0.2) is 0 Å². The smallest absolute Gasteiger partial charge is 0.312 e. The summed E-state index contributed by atoms with van der Waals surface area (Å²) in [5.74, 6) is -0.819. The van der Waals surface area contributed by atoms with Gasteiger partial charge in [0.25, 0.3) is 0 Å². The lowest BCUT2D eigenvalue weighted by Gasteiger charge is -2.24.